The molecule has 1 fully saturated rings. The molecule has 0 radical (unpaired) electrons. The summed E-state index contributed by atoms with van der Waals surface area (Å²) in [5.74, 6) is 0.923. The van der Waals surface area contributed by atoms with E-state index in [-0.39, 0.29) is 10.6 Å². The average molecular weight is 481 g/mol. The third-order valence-electron chi connectivity index (χ3n) is 4.96. The van der Waals surface area contributed by atoms with Crippen molar-refractivity contribution in [2.45, 2.75) is 24.7 Å². The summed E-state index contributed by atoms with van der Waals surface area (Å²) >= 11 is 3.33. The van der Waals surface area contributed by atoms with Gasteiger partial charge in [-0.15, -0.1) is 0 Å². The molecule has 29 heavy (non-hydrogen) atoms. The summed E-state index contributed by atoms with van der Waals surface area (Å²) in [6.07, 6.45) is 1.74. The molecule has 1 aliphatic heterocycles. The van der Waals surface area contributed by atoms with Crippen molar-refractivity contribution in [2.24, 2.45) is 0 Å². The largest absolute Gasteiger partial charge is 0.338 e. The van der Waals surface area contributed by atoms with E-state index in [0.29, 0.717) is 53.6 Å². The van der Waals surface area contributed by atoms with Gasteiger partial charge in [-0.3, -0.25) is 0 Å². The third kappa shape index (κ3) is 3.81. The van der Waals surface area contributed by atoms with Crippen LogP contribution >= 0.6 is 15.9 Å². The van der Waals surface area contributed by atoms with Crippen LogP contribution < -0.4 is 10.6 Å². The van der Waals surface area contributed by atoms with Crippen LogP contribution in [0.25, 0.3) is 11.0 Å². The second kappa shape index (κ2) is 7.54. The van der Waals surface area contributed by atoms with Crippen molar-refractivity contribution in [3.63, 3.8) is 0 Å². The number of sulfonamides is 1. The Morgan fingerprint density at radius 1 is 1.10 bits per heavy atom. The zero-order valence-corrected chi connectivity index (χ0v) is 18.4. The molecule has 0 spiro atoms. The number of nitrogens with zero attached hydrogens (tertiary/aromatic N) is 4. The van der Waals surface area contributed by atoms with Crippen LogP contribution in [-0.2, 0) is 10.0 Å². The minimum Gasteiger partial charge on any atom is -0.338 e. The van der Waals surface area contributed by atoms with Gasteiger partial charge >= 0.3 is 5.69 Å². The summed E-state index contributed by atoms with van der Waals surface area (Å²) in [4.78, 5) is 27.8. The van der Waals surface area contributed by atoms with Crippen molar-refractivity contribution >= 4 is 42.9 Å². The van der Waals surface area contributed by atoms with Crippen molar-refractivity contribution in [3.8, 4) is 0 Å². The predicted octanol–water partition coefficient (Wildman–Crippen LogP) is 2.04. The maximum absolute atomic E-state index is 13.2. The smallest absolute Gasteiger partial charge is 0.323 e. The lowest BCUT2D eigenvalue weighted by Crippen LogP contribution is -2.49. The number of halogens is 1. The summed E-state index contributed by atoms with van der Waals surface area (Å²) in [5.41, 5.74) is 1.59. The van der Waals surface area contributed by atoms with Crippen LogP contribution in [0.5, 0.6) is 0 Å². The number of aromatic amines is 2. The number of imidazole rings is 1. The molecule has 11 heteroatoms. The lowest BCUT2D eigenvalue weighted by Gasteiger charge is -2.34. The number of hydrogen-bond acceptors (Lipinski definition) is 6. The van der Waals surface area contributed by atoms with Gasteiger partial charge in [0, 0.05) is 42.5 Å². The molecule has 0 amide bonds. The van der Waals surface area contributed by atoms with Gasteiger partial charge in [-0.1, -0.05) is 13.8 Å². The van der Waals surface area contributed by atoms with Gasteiger partial charge in [-0.05, 0) is 40.0 Å². The minimum atomic E-state index is -3.72. The quantitative estimate of drug-likeness (QED) is 0.590. The third-order valence-corrected chi connectivity index (χ3v) is 7.82. The number of nitrogens with one attached hydrogen (secondary N) is 2. The molecule has 2 aromatic heterocycles. The predicted molar refractivity (Wildman–Crippen MR) is 114 cm³/mol. The van der Waals surface area contributed by atoms with Crippen molar-refractivity contribution in [2.75, 3.05) is 31.1 Å². The monoisotopic (exact) mass is 480 g/mol. The van der Waals surface area contributed by atoms with E-state index in [1.165, 1.54) is 10.4 Å². The summed E-state index contributed by atoms with van der Waals surface area (Å²) in [7, 11) is -3.72. The van der Waals surface area contributed by atoms with Crippen LogP contribution in [0.3, 0.4) is 0 Å². The van der Waals surface area contributed by atoms with Crippen molar-refractivity contribution in [1.82, 2.24) is 24.2 Å². The highest BCUT2D eigenvalue weighted by Gasteiger charge is 2.31. The number of aromatic nitrogens is 4. The lowest BCUT2D eigenvalue weighted by atomic mass is 10.1. The maximum atomic E-state index is 13.2. The molecule has 9 nitrogen and oxygen atoms in total. The van der Waals surface area contributed by atoms with E-state index in [9.17, 15) is 13.2 Å². The lowest BCUT2D eigenvalue weighted by molar-refractivity contribution is 0.382. The molecule has 1 aromatic carbocycles. The fourth-order valence-corrected chi connectivity index (χ4v) is 5.79. The molecule has 1 saturated heterocycles. The van der Waals surface area contributed by atoms with E-state index in [2.05, 4.69) is 49.7 Å². The topological polar surface area (TPSA) is 115 Å². The first-order chi connectivity index (χ1) is 13.8. The van der Waals surface area contributed by atoms with Gasteiger partial charge in [-0.25, -0.2) is 23.2 Å². The molecule has 3 aromatic rings. The molecular weight excluding hydrogens is 460 g/mol. The Morgan fingerprint density at radius 3 is 2.41 bits per heavy atom. The van der Waals surface area contributed by atoms with Crippen LogP contribution in [-0.4, -0.2) is 58.8 Å². The number of H-pyrrole nitrogens is 2. The van der Waals surface area contributed by atoms with Gasteiger partial charge in [0.1, 0.15) is 0 Å². The summed E-state index contributed by atoms with van der Waals surface area (Å²) in [5, 5.41) is 0. The standard InChI is InChI=1S/C18H21BrN6O3S/c1-11(2)13-3-4-20-17(21-13)24-5-7-25(8-6-24)29(27,28)16-10-15-14(9-12(16)19)22-18(26)23-15/h3-4,9-11H,5-8H2,1-2H3,(H2,22,23,26). The van der Waals surface area contributed by atoms with Crippen LogP contribution in [0.4, 0.5) is 5.95 Å². The number of anilines is 1. The Bertz CT molecular complexity index is 1210. The number of hydrogen-bond donors (Lipinski definition) is 2. The van der Waals surface area contributed by atoms with Gasteiger partial charge < -0.3 is 14.9 Å². The van der Waals surface area contributed by atoms with E-state index >= 15 is 0 Å². The fourth-order valence-electron chi connectivity index (χ4n) is 3.34. The highest BCUT2D eigenvalue weighted by Crippen LogP contribution is 2.29. The Labute approximate surface area is 176 Å². The van der Waals surface area contributed by atoms with E-state index in [1.807, 2.05) is 11.0 Å². The normalized spacial score (nSPS) is 16.1. The summed E-state index contributed by atoms with van der Waals surface area (Å²) in [6.45, 7) is 5.80. The molecule has 0 unspecified atom stereocenters. The Balaban J connectivity index is 1.55. The van der Waals surface area contributed by atoms with Crippen LogP contribution in [0, 0.1) is 0 Å². The minimum absolute atomic E-state index is 0.131. The fraction of sp³-hybridized carbons (Fsp3) is 0.389. The van der Waals surface area contributed by atoms with Gasteiger partial charge in [0.2, 0.25) is 16.0 Å². The van der Waals surface area contributed by atoms with E-state index < -0.39 is 10.0 Å². The van der Waals surface area contributed by atoms with Gasteiger partial charge in [0.25, 0.3) is 0 Å². The summed E-state index contributed by atoms with van der Waals surface area (Å²) < 4.78 is 28.2. The van der Waals surface area contributed by atoms with E-state index in [0.717, 1.165) is 5.69 Å². The van der Waals surface area contributed by atoms with Crippen LogP contribution in [0.2, 0.25) is 0 Å². The molecule has 0 bridgehead atoms. The molecule has 0 atom stereocenters. The molecule has 2 N–H and O–H groups in total. The highest BCUT2D eigenvalue weighted by atomic mass is 79.9. The second-order valence-electron chi connectivity index (χ2n) is 7.23. The molecule has 3 heterocycles. The molecule has 154 valence electrons. The zero-order valence-electron chi connectivity index (χ0n) is 16.0. The molecular formula is C18H21BrN6O3S. The molecule has 0 aliphatic carbocycles. The Kier molecular flexibility index (Phi) is 5.21. The first kappa shape index (κ1) is 20.0. The zero-order chi connectivity index (χ0) is 20.8. The Hall–Kier alpha value is -2.24. The van der Waals surface area contributed by atoms with Crippen LogP contribution in [0.15, 0.2) is 38.6 Å². The van der Waals surface area contributed by atoms with Crippen LogP contribution in [0.1, 0.15) is 25.5 Å². The van der Waals surface area contributed by atoms with Gasteiger partial charge in [-0.2, -0.15) is 4.31 Å². The van der Waals surface area contributed by atoms with Gasteiger partial charge in [0.05, 0.1) is 15.9 Å². The number of fused-ring (bicyclic) bond motifs is 1. The second-order valence-corrected chi connectivity index (χ2v) is 10.00. The maximum Gasteiger partial charge on any atom is 0.323 e. The summed E-state index contributed by atoms with van der Waals surface area (Å²) in [6, 6.07) is 4.98. The van der Waals surface area contributed by atoms with Crippen molar-refractivity contribution < 1.29 is 8.42 Å². The average Bonchev–Trinajstić information content (AvgIpc) is 3.06. The molecule has 1 aliphatic rings. The Morgan fingerprint density at radius 2 is 1.76 bits per heavy atom. The SMILES string of the molecule is CC(C)c1ccnc(N2CCN(S(=O)(=O)c3cc4[nH]c(=O)[nH]c4cc3Br)CC2)n1. The number of rotatable bonds is 4. The highest BCUT2D eigenvalue weighted by molar-refractivity contribution is 9.10. The first-order valence-corrected chi connectivity index (χ1v) is 11.5. The molecule has 4 rings (SSSR count). The van der Waals surface area contributed by atoms with E-state index in [4.69, 9.17) is 0 Å². The van der Waals surface area contributed by atoms with E-state index in [1.54, 1.807) is 12.3 Å². The number of benzene rings is 1. The van der Waals surface area contributed by atoms with Crippen molar-refractivity contribution in [3.05, 3.63) is 45.0 Å². The molecule has 0 saturated carbocycles. The van der Waals surface area contributed by atoms with Gasteiger partial charge in [0.15, 0.2) is 0 Å². The first-order valence-electron chi connectivity index (χ1n) is 9.25. The number of piperazine rings is 1. The van der Waals surface area contributed by atoms with Crippen molar-refractivity contribution in [1.29, 1.82) is 0 Å².